The Morgan fingerprint density at radius 2 is 1.22 bits per heavy atom. The van der Waals surface area contributed by atoms with Crippen LogP contribution in [0.25, 0.3) is 0 Å². The average molecular weight is 539 g/mol. The van der Waals surface area contributed by atoms with Gasteiger partial charge in [0.2, 0.25) is 5.91 Å². The molecule has 0 aromatic heterocycles. The van der Waals surface area contributed by atoms with Crippen LogP contribution in [0.2, 0.25) is 0 Å². The fourth-order valence-electron chi connectivity index (χ4n) is 4.81. The SMILES string of the molecule is CCCCCCCCCCCCCCCCCC(=O)NCCC[N+](C)(C)Cc1ccc(S(=O)(=O)[O-])cc1. The summed E-state index contributed by atoms with van der Waals surface area (Å²) in [5.74, 6) is 0.148. The van der Waals surface area contributed by atoms with Gasteiger partial charge in [0, 0.05) is 24.9 Å². The Labute approximate surface area is 227 Å². The van der Waals surface area contributed by atoms with Crippen LogP contribution in [-0.2, 0) is 21.5 Å². The van der Waals surface area contributed by atoms with E-state index >= 15 is 0 Å². The molecule has 6 nitrogen and oxygen atoms in total. The smallest absolute Gasteiger partial charge is 0.219 e. The van der Waals surface area contributed by atoms with Gasteiger partial charge >= 0.3 is 0 Å². The molecule has 0 heterocycles. The fraction of sp³-hybridized carbons (Fsp3) is 0.767. The third-order valence-electron chi connectivity index (χ3n) is 7.09. The Morgan fingerprint density at radius 3 is 1.68 bits per heavy atom. The van der Waals surface area contributed by atoms with Crippen molar-refractivity contribution in [3.05, 3.63) is 29.8 Å². The fourth-order valence-corrected chi connectivity index (χ4v) is 5.28. The number of quaternary nitrogens is 1. The van der Waals surface area contributed by atoms with Crippen molar-refractivity contribution in [2.24, 2.45) is 0 Å². The zero-order chi connectivity index (χ0) is 27.4. The van der Waals surface area contributed by atoms with Crippen molar-refractivity contribution in [1.82, 2.24) is 5.32 Å². The zero-order valence-corrected chi connectivity index (χ0v) is 24.8. The summed E-state index contributed by atoms with van der Waals surface area (Å²) in [6.07, 6.45) is 21.4. The van der Waals surface area contributed by atoms with E-state index < -0.39 is 10.1 Å². The maximum Gasteiger partial charge on any atom is 0.219 e. The summed E-state index contributed by atoms with van der Waals surface area (Å²) in [7, 11) is -0.192. The second kappa shape index (κ2) is 19.6. The van der Waals surface area contributed by atoms with Crippen LogP contribution >= 0.6 is 0 Å². The number of rotatable bonds is 23. The molecule has 0 atom stereocenters. The molecule has 0 aliphatic carbocycles. The Kier molecular flexibility index (Phi) is 17.8. The number of carbonyl (C=O) groups excluding carboxylic acids is 1. The van der Waals surface area contributed by atoms with Gasteiger partial charge in [0.1, 0.15) is 16.7 Å². The summed E-state index contributed by atoms with van der Waals surface area (Å²) < 4.78 is 33.9. The lowest BCUT2D eigenvalue weighted by Gasteiger charge is -2.30. The maximum absolute atomic E-state index is 12.1. The second-order valence-corrected chi connectivity index (χ2v) is 12.7. The standard InChI is InChI=1S/C30H54N2O4S/c1-4-5-6-7-8-9-10-11-12-13-14-15-16-17-18-20-30(33)31-25-19-26-32(2,3)27-28-21-23-29(24-22-28)37(34,35)36/h21-24H,4-20,25-27H2,1-3H3,(H-,31,33,34,35,36). The molecular weight excluding hydrogens is 484 g/mol. The molecule has 1 N–H and O–H groups in total. The van der Waals surface area contributed by atoms with E-state index in [9.17, 15) is 17.8 Å². The summed E-state index contributed by atoms with van der Waals surface area (Å²) in [5, 5.41) is 3.04. The van der Waals surface area contributed by atoms with Crippen molar-refractivity contribution in [2.45, 2.75) is 128 Å². The number of carbonyl (C=O) groups is 1. The first-order valence-electron chi connectivity index (χ1n) is 14.8. The first-order valence-corrected chi connectivity index (χ1v) is 16.2. The summed E-state index contributed by atoms with van der Waals surface area (Å²) in [4.78, 5) is 11.9. The van der Waals surface area contributed by atoms with E-state index in [1.165, 1.54) is 95.6 Å². The van der Waals surface area contributed by atoms with Gasteiger partial charge in [0.05, 0.1) is 25.5 Å². The second-order valence-electron chi connectivity index (χ2n) is 11.3. The molecule has 0 unspecified atom stereocenters. The van der Waals surface area contributed by atoms with Crippen LogP contribution in [0.5, 0.6) is 0 Å². The maximum atomic E-state index is 12.1. The van der Waals surface area contributed by atoms with Gasteiger partial charge in [-0.1, -0.05) is 109 Å². The molecule has 0 fully saturated rings. The minimum Gasteiger partial charge on any atom is -0.744 e. The van der Waals surface area contributed by atoms with Gasteiger partial charge in [-0.15, -0.1) is 0 Å². The molecule has 1 aromatic rings. The molecule has 214 valence electrons. The molecule has 0 bridgehead atoms. The van der Waals surface area contributed by atoms with E-state index in [-0.39, 0.29) is 10.8 Å². The van der Waals surface area contributed by atoms with E-state index in [0.717, 1.165) is 42.4 Å². The number of benzene rings is 1. The molecule has 0 aliphatic heterocycles. The lowest BCUT2D eigenvalue weighted by molar-refractivity contribution is -0.903. The number of amides is 1. The summed E-state index contributed by atoms with van der Waals surface area (Å²) in [6, 6.07) is 6.14. The van der Waals surface area contributed by atoms with Crippen molar-refractivity contribution in [3.8, 4) is 0 Å². The first-order chi connectivity index (χ1) is 17.6. The quantitative estimate of drug-likeness (QED) is 0.0929. The number of hydrogen-bond acceptors (Lipinski definition) is 4. The van der Waals surface area contributed by atoms with Crippen LogP contribution in [0.1, 0.15) is 122 Å². The van der Waals surface area contributed by atoms with Crippen LogP contribution in [0, 0.1) is 0 Å². The molecule has 0 saturated heterocycles. The number of nitrogens with zero attached hydrogens (tertiary/aromatic N) is 1. The van der Waals surface area contributed by atoms with Crippen molar-refractivity contribution in [1.29, 1.82) is 0 Å². The Bertz CT molecular complexity index is 822. The van der Waals surface area contributed by atoms with Gasteiger partial charge in [0.15, 0.2) is 0 Å². The third kappa shape index (κ3) is 18.5. The molecule has 7 heteroatoms. The molecule has 1 amide bonds. The van der Waals surface area contributed by atoms with E-state index in [1.54, 1.807) is 12.1 Å². The van der Waals surface area contributed by atoms with Crippen LogP contribution in [0.3, 0.4) is 0 Å². The highest BCUT2D eigenvalue weighted by atomic mass is 32.2. The predicted molar refractivity (Wildman–Crippen MR) is 152 cm³/mol. The number of nitrogens with one attached hydrogen (secondary N) is 1. The van der Waals surface area contributed by atoms with E-state index in [4.69, 9.17) is 0 Å². The highest BCUT2D eigenvalue weighted by Crippen LogP contribution is 2.15. The predicted octanol–water partition coefficient (Wildman–Crippen LogP) is 6.93. The monoisotopic (exact) mass is 538 g/mol. The van der Waals surface area contributed by atoms with E-state index in [0.29, 0.717) is 13.0 Å². The zero-order valence-electron chi connectivity index (χ0n) is 23.9. The van der Waals surface area contributed by atoms with Gasteiger partial charge < -0.3 is 14.4 Å². The Hall–Kier alpha value is -1.44. The van der Waals surface area contributed by atoms with Crippen molar-refractivity contribution < 1.29 is 22.2 Å². The molecular formula is C30H54N2O4S. The Balaban J connectivity index is 1.97. The minimum absolute atomic E-state index is 0.148. The van der Waals surface area contributed by atoms with Gasteiger partial charge in [-0.25, -0.2) is 8.42 Å². The topological polar surface area (TPSA) is 86.3 Å². The molecule has 1 rings (SSSR count). The lowest BCUT2D eigenvalue weighted by Crippen LogP contribution is -2.41. The van der Waals surface area contributed by atoms with E-state index in [2.05, 4.69) is 26.3 Å². The number of hydrogen-bond donors (Lipinski definition) is 1. The van der Waals surface area contributed by atoms with Gasteiger partial charge in [0.25, 0.3) is 0 Å². The first kappa shape index (κ1) is 33.6. The van der Waals surface area contributed by atoms with Crippen molar-refractivity contribution in [3.63, 3.8) is 0 Å². The minimum atomic E-state index is -4.41. The van der Waals surface area contributed by atoms with Gasteiger partial charge in [-0.3, -0.25) is 4.79 Å². The third-order valence-corrected chi connectivity index (χ3v) is 7.94. The van der Waals surface area contributed by atoms with Crippen LogP contribution in [0.4, 0.5) is 0 Å². The van der Waals surface area contributed by atoms with Crippen LogP contribution < -0.4 is 5.32 Å². The van der Waals surface area contributed by atoms with Crippen molar-refractivity contribution in [2.75, 3.05) is 27.2 Å². The molecule has 37 heavy (non-hydrogen) atoms. The summed E-state index contributed by atoms with van der Waals surface area (Å²) >= 11 is 0. The molecule has 0 radical (unpaired) electrons. The van der Waals surface area contributed by atoms with Crippen LogP contribution in [0.15, 0.2) is 29.2 Å². The molecule has 0 spiro atoms. The highest BCUT2D eigenvalue weighted by molar-refractivity contribution is 7.85. The summed E-state index contributed by atoms with van der Waals surface area (Å²) in [6.45, 7) is 4.56. The largest absolute Gasteiger partial charge is 0.744 e. The Morgan fingerprint density at radius 1 is 0.757 bits per heavy atom. The van der Waals surface area contributed by atoms with Crippen molar-refractivity contribution >= 4 is 16.0 Å². The molecule has 0 aliphatic rings. The van der Waals surface area contributed by atoms with Crippen LogP contribution in [-0.4, -0.2) is 50.5 Å². The molecule has 1 aromatic carbocycles. The average Bonchev–Trinajstić information content (AvgIpc) is 2.84. The molecule has 0 saturated carbocycles. The van der Waals surface area contributed by atoms with Gasteiger partial charge in [-0.05, 0) is 18.6 Å². The van der Waals surface area contributed by atoms with Gasteiger partial charge in [-0.2, -0.15) is 0 Å². The summed E-state index contributed by atoms with van der Waals surface area (Å²) in [5.41, 5.74) is 0.981. The normalized spacial score (nSPS) is 12.1. The number of unbranched alkanes of at least 4 members (excludes halogenated alkanes) is 14. The highest BCUT2D eigenvalue weighted by Gasteiger charge is 2.16. The lowest BCUT2D eigenvalue weighted by atomic mass is 10.0. The van der Waals surface area contributed by atoms with E-state index in [1.807, 2.05) is 0 Å².